The van der Waals surface area contributed by atoms with Gasteiger partial charge in [-0.3, -0.25) is 0 Å². The van der Waals surface area contributed by atoms with E-state index in [1.165, 1.54) is 6.01 Å². The van der Waals surface area contributed by atoms with Crippen LogP contribution in [0.1, 0.15) is 0 Å². The van der Waals surface area contributed by atoms with Gasteiger partial charge in [0, 0.05) is 0 Å². The minimum Gasteiger partial charge on any atom is -0.242 e. The second kappa shape index (κ2) is 14.0. The van der Waals surface area contributed by atoms with Gasteiger partial charge in [-0.15, -0.1) is 0 Å². The van der Waals surface area contributed by atoms with Crippen molar-refractivity contribution in [2.75, 3.05) is 0 Å². The predicted octanol–water partition coefficient (Wildman–Crippen LogP) is 0.376. The van der Waals surface area contributed by atoms with Crippen molar-refractivity contribution in [1.29, 1.82) is 10.8 Å². The minimum atomic E-state index is 0. The first-order chi connectivity index (χ1) is 1.41. The molecule has 0 aliphatic rings. The van der Waals surface area contributed by atoms with Gasteiger partial charge in [0.1, 0.15) is 0 Å². The third kappa shape index (κ3) is 32.9. The van der Waals surface area contributed by atoms with E-state index < -0.39 is 0 Å². The van der Waals surface area contributed by atoms with Crippen LogP contribution in [-0.2, 0) is 0 Å². The third-order valence-corrected chi connectivity index (χ3v) is 0. The summed E-state index contributed by atoms with van der Waals surface area (Å²) in [4.78, 5) is 0. The molecular formula is CH5N2P. The van der Waals surface area contributed by atoms with E-state index in [0.717, 1.165) is 0 Å². The van der Waals surface area contributed by atoms with E-state index in [0.29, 0.717) is 0 Å². The molecule has 1 unspecified atom stereocenters. The zero-order valence-corrected chi connectivity index (χ0v) is 3.62. The van der Waals surface area contributed by atoms with Gasteiger partial charge in [0.05, 0.1) is 6.01 Å². The molecule has 0 radical (unpaired) electrons. The molecule has 24 valence electrons. The van der Waals surface area contributed by atoms with Crippen molar-refractivity contribution in [3.05, 3.63) is 0 Å². The first kappa shape index (κ1) is 9.18. The molecule has 4 heavy (non-hydrogen) atoms. The fraction of sp³-hybridized carbons (Fsp3) is 0. The van der Waals surface area contributed by atoms with Crippen LogP contribution in [0.15, 0.2) is 0 Å². The van der Waals surface area contributed by atoms with Gasteiger partial charge >= 0.3 is 0 Å². The maximum atomic E-state index is 5.62. The van der Waals surface area contributed by atoms with Gasteiger partial charge in [0.15, 0.2) is 0 Å². The molecule has 0 saturated carbocycles. The van der Waals surface area contributed by atoms with Crippen LogP contribution in [0.5, 0.6) is 0 Å². The molecule has 0 fully saturated rings. The highest BCUT2D eigenvalue weighted by atomic mass is 31.0. The Balaban J connectivity index is 0. The second-order valence-electron chi connectivity index (χ2n) is 0.125. The van der Waals surface area contributed by atoms with Crippen molar-refractivity contribution in [3.8, 4) is 0 Å². The average molecular weight is 76.0 g/mol. The third-order valence-electron chi connectivity index (χ3n) is 0. The molecule has 0 aromatic heterocycles. The SMILES string of the molecule is N=C=N.P. The molecule has 0 rings (SSSR count). The molecule has 0 aliphatic heterocycles. The summed E-state index contributed by atoms with van der Waals surface area (Å²) in [7, 11) is 0. The van der Waals surface area contributed by atoms with Crippen LogP contribution < -0.4 is 0 Å². The monoisotopic (exact) mass is 76.0 g/mol. The number of rotatable bonds is 0. The minimum absolute atomic E-state index is 0. The molecule has 0 aromatic carbocycles. The number of nitrogens with one attached hydrogen (secondary N) is 2. The molecule has 1 atom stereocenters. The Bertz CT molecular complexity index is 27.0. The summed E-state index contributed by atoms with van der Waals surface area (Å²) in [6.45, 7) is 0. The Kier molecular flexibility index (Phi) is 32.2. The lowest BCUT2D eigenvalue weighted by atomic mass is 11.6. The first-order valence-corrected chi connectivity index (χ1v) is 0.500. The van der Waals surface area contributed by atoms with Crippen LogP contribution >= 0.6 is 9.90 Å². The van der Waals surface area contributed by atoms with Crippen LogP contribution in [0.3, 0.4) is 0 Å². The highest BCUT2D eigenvalue weighted by Crippen LogP contribution is 0.920. The molecule has 0 saturated heterocycles. The highest BCUT2D eigenvalue weighted by Gasteiger charge is 0.934. The summed E-state index contributed by atoms with van der Waals surface area (Å²) in [5.41, 5.74) is 0. The van der Waals surface area contributed by atoms with E-state index in [1.54, 1.807) is 0 Å². The van der Waals surface area contributed by atoms with Gasteiger partial charge in [-0.1, -0.05) is 0 Å². The molecule has 0 aliphatic carbocycles. The van der Waals surface area contributed by atoms with Crippen LogP contribution in [0.25, 0.3) is 0 Å². The average Bonchev–Trinajstić information content (AvgIpc) is 0.918. The molecule has 3 heteroatoms. The van der Waals surface area contributed by atoms with E-state index in [-0.39, 0.29) is 9.90 Å². The van der Waals surface area contributed by atoms with Crippen molar-refractivity contribution >= 4 is 15.9 Å². The lowest BCUT2D eigenvalue weighted by Gasteiger charge is -1.09. The molecule has 2 N–H and O–H groups in total. The van der Waals surface area contributed by atoms with Crippen molar-refractivity contribution < 1.29 is 0 Å². The largest absolute Gasteiger partial charge is 0.242 e. The maximum absolute atomic E-state index is 5.62. The Hall–Kier alpha value is -0.190. The number of hydrogen-bond donors (Lipinski definition) is 2. The van der Waals surface area contributed by atoms with Crippen molar-refractivity contribution in [1.82, 2.24) is 0 Å². The van der Waals surface area contributed by atoms with Crippen LogP contribution in [0.2, 0.25) is 0 Å². The summed E-state index contributed by atoms with van der Waals surface area (Å²) in [5, 5.41) is 11.2. The quantitative estimate of drug-likeness (QED) is 0.309. The molecule has 0 amide bonds. The summed E-state index contributed by atoms with van der Waals surface area (Å²) in [6.07, 6.45) is 0. The Labute approximate surface area is 27.9 Å². The fourth-order valence-electron chi connectivity index (χ4n) is 0. The molecule has 0 bridgehead atoms. The summed E-state index contributed by atoms with van der Waals surface area (Å²) in [6, 6.07) is 1.25. The number of hydrogen-bond acceptors (Lipinski definition) is 2. The lowest BCUT2D eigenvalue weighted by molar-refractivity contribution is 1.47. The summed E-state index contributed by atoms with van der Waals surface area (Å²) < 4.78 is 0. The first-order valence-electron chi connectivity index (χ1n) is 0.500. The normalized spacial score (nSPS) is 2.00. The summed E-state index contributed by atoms with van der Waals surface area (Å²) >= 11 is 0. The Morgan fingerprint density at radius 2 is 1.25 bits per heavy atom. The van der Waals surface area contributed by atoms with Crippen molar-refractivity contribution in [2.24, 2.45) is 0 Å². The standard InChI is InChI=1S/CH2N2.H3P/c2-1-3;/h2-3H;1H3. The molecule has 0 heterocycles. The smallest absolute Gasteiger partial charge is 0.0831 e. The van der Waals surface area contributed by atoms with E-state index in [2.05, 4.69) is 0 Å². The van der Waals surface area contributed by atoms with Crippen LogP contribution in [-0.4, -0.2) is 6.01 Å². The maximum Gasteiger partial charge on any atom is 0.0831 e. The Morgan fingerprint density at radius 1 is 1.25 bits per heavy atom. The Morgan fingerprint density at radius 3 is 1.25 bits per heavy atom. The fourth-order valence-corrected chi connectivity index (χ4v) is 0. The van der Waals surface area contributed by atoms with Gasteiger partial charge in [-0.25, -0.2) is 10.8 Å². The predicted molar refractivity (Wildman–Crippen MR) is 21.6 cm³/mol. The molecule has 0 spiro atoms. The molecular weight excluding hydrogens is 71.0 g/mol. The van der Waals surface area contributed by atoms with Crippen molar-refractivity contribution in [3.63, 3.8) is 0 Å². The molecule has 2 nitrogen and oxygen atoms in total. The van der Waals surface area contributed by atoms with Gasteiger partial charge in [-0.2, -0.15) is 9.90 Å². The van der Waals surface area contributed by atoms with Crippen LogP contribution in [0, 0.1) is 10.8 Å². The van der Waals surface area contributed by atoms with Gasteiger partial charge in [-0.05, 0) is 0 Å². The zero-order valence-electron chi connectivity index (χ0n) is 2.21. The molecule has 0 aromatic rings. The van der Waals surface area contributed by atoms with Crippen LogP contribution in [0.4, 0.5) is 0 Å². The van der Waals surface area contributed by atoms with Gasteiger partial charge < -0.3 is 0 Å². The second-order valence-corrected chi connectivity index (χ2v) is 0.125. The van der Waals surface area contributed by atoms with Crippen molar-refractivity contribution in [2.45, 2.75) is 0 Å². The van der Waals surface area contributed by atoms with E-state index in [4.69, 9.17) is 10.8 Å². The summed E-state index contributed by atoms with van der Waals surface area (Å²) in [5.74, 6) is 0. The van der Waals surface area contributed by atoms with Gasteiger partial charge in [0.2, 0.25) is 0 Å². The van der Waals surface area contributed by atoms with E-state index in [9.17, 15) is 0 Å². The highest BCUT2D eigenvalue weighted by molar-refractivity contribution is 6.92. The van der Waals surface area contributed by atoms with E-state index >= 15 is 0 Å². The zero-order chi connectivity index (χ0) is 2.71. The van der Waals surface area contributed by atoms with E-state index in [1.807, 2.05) is 0 Å². The van der Waals surface area contributed by atoms with Gasteiger partial charge in [0.25, 0.3) is 0 Å². The topological polar surface area (TPSA) is 47.7 Å². The lowest BCUT2D eigenvalue weighted by Crippen LogP contribution is -1.11.